The van der Waals surface area contributed by atoms with Crippen molar-refractivity contribution in [2.75, 3.05) is 0 Å². The van der Waals surface area contributed by atoms with Gasteiger partial charge in [-0.1, -0.05) is 0 Å². The highest BCUT2D eigenvalue weighted by Crippen LogP contribution is 2.07. The highest BCUT2D eigenvalue weighted by atomic mass is 16.5. The van der Waals surface area contributed by atoms with Gasteiger partial charge in [-0.25, -0.2) is 4.79 Å². The van der Waals surface area contributed by atoms with E-state index in [1.165, 1.54) is 12.5 Å². The van der Waals surface area contributed by atoms with Gasteiger partial charge in [-0.05, 0) is 6.08 Å². The van der Waals surface area contributed by atoms with Gasteiger partial charge in [-0.15, -0.1) is 0 Å². The molecule has 1 heterocycles. The van der Waals surface area contributed by atoms with Gasteiger partial charge in [-0.3, -0.25) is 0 Å². The van der Waals surface area contributed by atoms with Crippen molar-refractivity contribution in [1.82, 2.24) is 0 Å². The molecule has 1 aliphatic rings. The Morgan fingerprint density at radius 2 is 2.56 bits per heavy atom. The summed E-state index contributed by atoms with van der Waals surface area (Å²) in [6.45, 7) is 0. The Morgan fingerprint density at radius 1 is 1.78 bits per heavy atom. The zero-order valence-electron chi connectivity index (χ0n) is 4.70. The van der Waals surface area contributed by atoms with E-state index in [-0.39, 0.29) is 5.57 Å². The van der Waals surface area contributed by atoms with Crippen LogP contribution in [0.15, 0.2) is 24.2 Å². The van der Waals surface area contributed by atoms with Crippen LogP contribution >= 0.6 is 0 Å². The monoisotopic (exact) mass is 126 g/mol. The second-order valence-corrected chi connectivity index (χ2v) is 1.66. The van der Waals surface area contributed by atoms with Crippen molar-refractivity contribution in [3.63, 3.8) is 0 Å². The van der Waals surface area contributed by atoms with Gasteiger partial charge in [0.05, 0.1) is 11.8 Å². The Morgan fingerprint density at radius 3 is 2.89 bits per heavy atom. The molecule has 3 nitrogen and oxygen atoms in total. The van der Waals surface area contributed by atoms with E-state index < -0.39 is 5.97 Å². The first-order chi connectivity index (χ1) is 4.30. The Hall–Kier alpha value is -1.25. The van der Waals surface area contributed by atoms with E-state index in [0.29, 0.717) is 6.42 Å². The SMILES string of the molecule is O=C(O)C1=COC=CC1. The lowest BCUT2D eigenvalue weighted by Gasteiger charge is -2.01. The number of allylic oxidation sites excluding steroid dienone is 1. The minimum atomic E-state index is -0.917. The standard InChI is InChI=1S/C6H6O3/c7-6(8)5-2-1-3-9-4-5/h1,3-4H,2H2,(H,7,8). The number of rotatable bonds is 1. The molecular weight excluding hydrogens is 120 g/mol. The molecule has 0 bridgehead atoms. The van der Waals surface area contributed by atoms with Crippen molar-refractivity contribution in [2.24, 2.45) is 0 Å². The van der Waals surface area contributed by atoms with Crippen LogP contribution in [-0.2, 0) is 9.53 Å². The molecular formula is C6H6O3. The number of carbonyl (C=O) groups is 1. The van der Waals surface area contributed by atoms with E-state index >= 15 is 0 Å². The smallest absolute Gasteiger partial charge is 0.335 e. The van der Waals surface area contributed by atoms with Crippen molar-refractivity contribution in [2.45, 2.75) is 6.42 Å². The average molecular weight is 126 g/mol. The molecule has 0 saturated carbocycles. The summed E-state index contributed by atoms with van der Waals surface area (Å²) in [5, 5.41) is 8.36. The van der Waals surface area contributed by atoms with E-state index in [2.05, 4.69) is 4.74 Å². The first kappa shape index (κ1) is 5.88. The zero-order valence-corrected chi connectivity index (χ0v) is 4.70. The molecule has 0 saturated heterocycles. The Labute approximate surface area is 52.2 Å². The number of aliphatic carboxylic acids is 1. The van der Waals surface area contributed by atoms with E-state index in [9.17, 15) is 4.79 Å². The number of carboxylic acids is 1. The molecule has 0 atom stereocenters. The molecule has 9 heavy (non-hydrogen) atoms. The van der Waals surface area contributed by atoms with E-state index in [0.717, 1.165) is 0 Å². The number of hydrogen-bond donors (Lipinski definition) is 1. The van der Waals surface area contributed by atoms with Crippen LogP contribution in [0.3, 0.4) is 0 Å². The molecule has 1 rings (SSSR count). The fourth-order valence-electron chi connectivity index (χ4n) is 0.538. The third kappa shape index (κ3) is 1.32. The third-order valence-corrected chi connectivity index (χ3v) is 0.998. The number of carboxylic acid groups (broad SMARTS) is 1. The maximum Gasteiger partial charge on any atom is 0.335 e. The van der Waals surface area contributed by atoms with E-state index in [4.69, 9.17) is 5.11 Å². The van der Waals surface area contributed by atoms with Crippen molar-refractivity contribution < 1.29 is 14.6 Å². The van der Waals surface area contributed by atoms with Gasteiger partial charge < -0.3 is 9.84 Å². The van der Waals surface area contributed by atoms with Gasteiger partial charge in [0, 0.05) is 6.42 Å². The highest BCUT2D eigenvalue weighted by Gasteiger charge is 2.06. The van der Waals surface area contributed by atoms with Crippen LogP contribution < -0.4 is 0 Å². The molecule has 0 aromatic rings. The van der Waals surface area contributed by atoms with Crippen molar-refractivity contribution in [1.29, 1.82) is 0 Å². The van der Waals surface area contributed by atoms with E-state index in [1.54, 1.807) is 6.08 Å². The molecule has 0 aliphatic carbocycles. The van der Waals surface area contributed by atoms with Crippen LogP contribution in [0, 0.1) is 0 Å². The lowest BCUT2D eigenvalue weighted by Crippen LogP contribution is -2.01. The first-order valence-electron chi connectivity index (χ1n) is 2.53. The van der Waals surface area contributed by atoms with Crippen LogP contribution in [0.2, 0.25) is 0 Å². The maximum absolute atomic E-state index is 10.2. The molecule has 48 valence electrons. The quantitative estimate of drug-likeness (QED) is 0.567. The molecule has 0 fully saturated rings. The predicted molar refractivity (Wildman–Crippen MR) is 30.6 cm³/mol. The second kappa shape index (κ2) is 2.35. The highest BCUT2D eigenvalue weighted by molar-refractivity contribution is 5.86. The third-order valence-electron chi connectivity index (χ3n) is 0.998. The lowest BCUT2D eigenvalue weighted by atomic mass is 10.2. The molecule has 1 N–H and O–H groups in total. The van der Waals surface area contributed by atoms with Gasteiger partial charge in [-0.2, -0.15) is 0 Å². The van der Waals surface area contributed by atoms with Gasteiger partial charge >= 0.3 is 5.97 Å². The first-order valence-corrected chi connectivity index (χ1v) is 2.53. The summed E-state index contributed by atoms with van der Waals surface area (Å²) in [7, 11) is 0. The van der Waals surface area contributed by atoms with Gasteiger partial charge in [0.1, 0.15) is 6.26 Å². The summed E-state index contributed by atoms with van der Waals surface area (Å²) >= 11 is 0. The summed E-state index contributed by atoms with van der Waals surface area (Å²) in [6, 6.07) is 0. The predicted octanol–water partition coefficient (Wildman–Crippen LogP) is 0.889. The Kier molecular flexibility index (Phi) is 1.53. The Bertz CT molecular complexity index is 179. The maximum atomic E-state index is 10.2. The molecule has 0 spiro atoms. The molecule has 0 aromatic heterocycles. The molecule has 0 radical (unpaired) electrons. The molecule has 3 heteroatoms. The molecule has 0 amide bonds. The van der Waals surface area contributed by atoms with Crippen molar-refractivity contribution in [3.05, 3.63) is 24.2 Å². The normalized spacial score (nSPS) is 16.2. The van der Waals surface area contributed by atoms with Crippen LogP contribution in [0.25, 0.3) is 0 Å². The van der Waals surface area contributed by atoms with Crippen LogP contribution in [0.4, 0.5) is 0 Å². The average Bonchev–Trinajstić information content (AvgIpc) is 1.90. The number of ether oxygens (including phenoxy) is 1. The van der Waals surface area contributed by atoms with Gasteiger partial charge in [0.2, 0.25) is 0 Å². The van der Waals surface area contributed by atoms with Crippen LogP contribution in [0.5, 0.6) is 0 Å². The summed E-state index contributed by atoms with van der Waals surface area (Å²) in [6.07, 6.45) is 4.81. The number of hydrogen-bond acceptors (Lipinski definition) is 2. The summed E-state index contributed by atoms with van der Waals surface area (Å²) in [5.41, 5.74) is 0.289. The van der Waals surface area contributed by atoms with Crippen molar-refractivity contribution in [3.8, 4) is 0 Å². The Balaban J connectivity index is 2.61. The fourth-order valence-corrected chi connectivity index (χ4v) is 0.538. The van der Waals surface area contributed by atoms with E-state index in [1.807, 2.05) is 0 Å². The lowest BCUT2D eigenvalue weighted by molar-refractivity contribution is -0.132. The minimum Gasteiger partial charge on any atom is -0.478 e. The molecule has 0 unspecified atom stereocenters. The minimum absolute atomic E-state index is 0.289. The fraction of sp³-hybridized carbons (Fsp3) is 0.167. The van der Waals surface area contributed by atoms with Crippen molar-refractivity contribution >= 4 is 5.97 Å². The summed E-state index contributed by atoms with van der Waals surface area (Å²) in [4.78, 5) is 10.2. The van der Waals surface area contributed by atoms with Crippen LogP contribution in [0.1, 0.15) is 6.42 Å². The van der Waals surface area contributed by atoms with Gasteiger partial charge in [0.25, 0.3) is 0 Å². The summed E-state index contributed by atoms with van der Waals surface area (Å²) in [5.74, 6) is -0.917. The summed E-state index contributed by atoms with van der Waals surface area (Å²) < 4.78 is 4.62. The largest absolute Gasteiger partial charge is 0.478 e. The zero-order chi connectivity index (χ0) is 6.69. The molecule has 1 aliphatic heterocycles. The van der Waals surface area contributed by atoms with Crippen LogP contribution in [-0.4, -0.2) is 11.1 Å². The molecule has 0 aromatic carbocycles. The second-order valence-electron chi connectivity index (χ2n) is 1.66. The topological polar surface area (TPSA) is 46.5 Å². The van der Waals surface area contributed by atoms with Gasteiger partial charge in [0.15, 0.2) is 0 Å².